The van der Waals surface area contributed by atoms with Gasteiger partial charge < -0.3 is 9.15 Å². The minimum atomic E-state index is -0.467. The summed E-state index contributed by atoms with van der Waals surface area (Å²) in [5, 5.41) is 19.6. The van der Waals surface area contributed by atoms with Crippen molar-refractivity contribution in [3.05, 3.63) is 41.9 Å². The third-order valence-electron chi connectivity index (χ3n) is 3.70. The van der Waals surface area contributed by atoms with Crippen LogP contribution in [0, 0.1) is 6.92 Å². The molecule has 0 spiro atoms. The zero-order valence-electron chi connectivity index (χ0n) is 14.6. The Balaban J connectivity index is 1.72. The first-order chi connectivity index (χ1) is 13.2. The smallest absolute Gasteiger partial charge is 0.341 e. The minimum absolute atomic E-state index is 0.118. The van der Waals surface area contributed by atoms with E-state index >= 15 is 0 Å². The second-order valence-electron chi connectivity index (χ2n) is 5.51. The van der Waals surface area contributed by atoms with E-state index < -0.39 is 5.97 Å². The van der Waals surface area contributed by atoms with Crippen molar-refractivity contribution in [3.63, 3.8) is 0 Å². The lowest BCUT2D eigenvalue weighted by atomic mass is 10.3. The summed E-state index contributed by atoms with van der Waals surface area (Å²) in [6, 6.07) is 7.44. The Labute approximate surface area is 152 Å². The number of fused-ring (bicyclic) bond motifs is 2. The molecule has 0 saturated carbocycles. The van der Waals surface area contributed by atoms with Gasteiger partial charge in [0.1, 0.15) is 17.0 Å². The van der Waals surface area contributed by atoms with Gasteiger partial charge in [0, 0.05) is 6.08 Å². The van der Waals surface area contributed by atoms with Gasteiger partial charge >= 0.3 is 12.0 Å². The molecule has 4 aromatic rings. The first-order valence-electron chi connectivity index (χ1n) is 8.21. The molecule has 0 aliphatic heterocycles. The fourth-order valence-corrected chi connectivity index (χ4v) is 2.49. The summed E-state index contributed by atoms with van der Waals surface area (Å²) in [5.41, 5.74) is 2.67. The molecule has 136 valence electrons. The van der Waals surface area contributed by atoms with Crippen LogP contribution in [0.25, 0.3) is 22.8 Å². The summed E-state index contributed by atoms with van der Waals surface area (Å²) in [7, 11) is 0. The standard InChI is InChI=1S/C17H15N7O3/c1-3-26-14(25)9-8-12-15(16-21-19-10(2)24(16)23-12)20-22-17-18-11-6-4-5-7-13(11)27-17/h4-9,21H,3H2,1-2H3/b9-8-,22-20+. The number of aromatic amines is 1. The molecule has 0 fully saturated rings. The van der Waals surface area contributed by atoms with E-state index in [4.69, 9.17) is 9.15 Å². The molecule has 1 aromatic carbocycles. The first-order valence-corrected chi connectivity index (χ1v) is 8.21. The van der Waals surface area contributed by atoms with Crippen LogP contribution in [0.1, 0.15) is 18.4 Å². The number of ether oxygens (including phenoxy) is 1. The molecule has 10 heteroatoms. The highest BCUT2D eigenvalue weighted by molar-refractivity contribution is 5.89. The van der Waals surface area contributed by atoms with Crippen LogP contribution in [-0.4, -0.2) is 37.4 Å². The number of rotatable bonds is 5. The van der Waals surface area contributed by atoms with Crippen LogP contribution in [0.5, 0.6) is 0 Å². The van der Waals surface area contributed by atoms with Gasteiger partial charge in [-0.15, -0.1) is 5.11 Å². The van der Waals surface area contributed by atoms with Crippen LogP contribution < -0.4 is 0 Å². The van der Waals surface area contributed by atoms with E-state index in [2.05, 4.69) is 30.5 Å². The third-order valence-corrected chi connectivity index (χ3v) is 3.70. The number of para-hydroxylation sites is 2. The van der Waals surface area contributed by atoms with E-state index in [1.165, 1.54) is 12.2 Å². The molecule has 0 radical (unpaired) electrons. The Hall–Kier alpha value is -3.82. The van der Waals surface area contributed by atoms with E-state index in [1.54, 1.807) is 24.4 Å². The highest BCUT2D eigenvalue weighted by Gasteiger charge is 2.15. The number of azo groups is 1. The third kappa shape index (κ3) is 3.19. The molecule has 27 heavy (non-hydrogen) atoms. The van der Waals surface area contributed by atoms with Crippen molar-refractivity contribution in [3.8, 4) is 0 Å². The lowest BCUT2D eigenvalue weighted by molar-refractivity contribution is -0.137. The van der Waals surface area contributed by atoms with Crippen molar-refractivity contribution in [2.45, 2.75) is 13.8 Å². The molecule has 0 aliphatic carbocycles. The first kappa shape index (κ1) is 16.6. The maximum atomic E-state index is 11.6. The summed E-state index contributed by atoms with van der Waals surface area (Å²) >= 11 is 0. The number of hydrogen-bond acceptors (Lipinski definition) is 8. The van der Waals surface area contributed by atoms with Crippen molar-refractivity contribution in [1.29, 1.82) is 0 Å². The van der Waals surface area contributed by atoms with E-state index in [-0.39, 0.29) is 6.01 Å². The summed E-state index contributed by atoms with van der Waals surface area (Å²) in [6.45, 7) is 3.82. The van der Waals surface area contributed by atoms with E-state index in [0.29, 0.717) is 40.6 Å². The number of benzene rings is 1. The predicted molar refractivity (Wildman–Crippen MR) is 95.9 cm³/mol. The molecule has 0 atom stereocenters. The lowest BCUT2D eigenvalue weighted by Gasteiger charge is -1.94. The fourth-order valence-electron chi connectivity index (χ4n) is 2.49. The van der Waals surface area contributed by atoms with Gasteiger partial charge in [0.2, 0.25) is 0 Å². The number of carbonyl (C=O) groups is 1. The molecule has 4 rings (SSSR count). The van der Waals surface area contributed by atoms with Gasteiger partial charge in [-0.2, -0.15) is 19.7 Å². The SMILES string of the molecule is CCOC(=O)/C=C\c1nn2c(C)n[nH]c2c1/N=N/c1nc2ccccc2o1. The Morgan fingerprint density at radius 2 is 2.22 bits per heavy atom. The zero-order chi connectivity index (χ0) is 18.8. The zero-order valence-corrected chi connectivity index (χ0v) is 14.6. The van der Waals surface area contributed by atoms with Crippen molar-refractivity contribution in [2.24, 2.45) is 10.2 Å². The topological polar surface area (TPSA) is 123 Å². The summed E-state index contributed by atoms with van der Waals surface area (Å²) in [5.74, 6) is 0.171. The van der Waals surface area contributed by atoms with Crippen molar-refractivity contribution >= 4 is 40.5 Å². The number of nitrogens with zero attached hydrogens (tertiary/aromatic N) is 6. The lowest BCUT2D eigenvalue weighted by Crippen LogP contribution is -1.98. The maximum Gasteiger partial charge on any atom is 0.341 e. The number of carbonyl (C=O) groups excluding carboxylic acids is 1. The predicted octanol–water partition coefficient (Wildman–Crippen LogP) is 3.50. The molecule has 0 unspecified atom stereocenters. The van der Waals surface area contributed by atoms with Gasteiger partial charge in [0.05, 0.1) is 6.61 Å². The van der Waals surface area contributed by atoms with Gasteiger partial charge in [0.15, 0.2) is 16.9 Å². The van der Waals surface area contributed by atoms with Crippen molar-refractivity contribution in [1.82, 2.24) is 24.8 Å². The molecule has 0 bridgehead atoms. The monoisotopic (exact) mass is 365 g/mol. The summed E-state index contributed by atoms with van der Waals surface area (Å²) < 4.78 is 12.0. The van der Waals surface area contributed by atoms with Crippen LogP contribution in [0.15, 0.2) is 45.0 Å². The van der Waals surface area contributed by atoms with E-state index in [1.807, 2.05) is 18.2 Å². The maximum absolute atomic E-state index is 11.6. The van der Waals surface area contributed by atoms with Crippen LogP contribution >= 0.6 is 0 Å². The summed E-state index contributed by atoms with van der Waals surface area (Å²) in [6.07, 6.45) is 2.80. The van der Waals surface area contributed by atoms with Crippen molar-refractivity contribution < 1.29 is 13.9 Å². The summed E-state index contributed by atoms with van der Waals surface area (Å²) in [4.78, 5) is 15.8. The molecular weight excluding hydrogens is 350 g/mol. The number of esters is 1. The molecule has 3 aromatic heterocycles. The van der Waals surface area contributed by atoms with Crippen LogP contribution in [0.4, 0.5) is 11.7 Å². The number of aromatic nitrogens is 5. The Bertz CT molecular complexity index is 1150. The molecule has 0 saturated heterocycles. The van der Waals surface area contributed by atoms with Gasteiger partial charge in [0.25, 0.3) is 0 Å². The molecule has 10 nitrogen and oxygen atoms in total. The van der Waals surface area contributed by atoms with Gasteiger partial charge in [-0.3, -0.25) is 5.10 Å². The Morgan fingerprint density at radius 3 is 3.04 bits per heavy atom. The van der Waals surface area contributed by atoms with Crippen LogP contribution in [0.3, 0.4) is 0 Å². The van der Waals surface area contributed by atoms with Gasteiger partial charge in [-0.25, -0.2) is 4.79 Å². The molecule has 0 aliphatic rings. The Morgan fingerprint density at radius 1 is 1.37 bits per heavy atom. The van der Waals surface area contributed by atoms with Gasteiger partial charge in [-0.1, -0.05) is 17.2 Å². The molecular formula is C17H15N7O3. The van der Waals surface area contributed by atoms with Crippen molar-refractivity contribution in [2.75, 3.05) is 6.61 Å². The number of nitrogens with one attached hydrogen (secondary N) is 1. The highest BCUT2D eigenvalue weighted by atomic mass is 16.5. The molecule has 1 N–H and O–H groups in total. The average Bonchev–Trinajstić information content (AvgIpc) is 3.33. The minimum Gasteiger partial charge on any atom is -0.463 e. The number of aryl methyl sites for hydroxylation is 1. The molecule has 3 heterocycles. The molecule has 0 amide bonds. The average molecular weight is 365 g/mol. The van der Waals surface area contributed by atoms with Crippen LogP contribution in [-0.2, 0) is 9.53 Å². The quantitative estimate of drug-likeness (QED) is 0.328. The number of oxazole rings is 1. The largest absolute Gasteiger partial charge is 0.463 e. The number of hydrogen-bond donors (Lipinski definition) is 1. The number of H-pyrrole nitrogens is 1. The normalized spacial score (nSPS) is 12.1. The second-order valence-corrected chi connectivity index (χ2v) is 5.51. The van der Waals surface area contributed by atoms with Crippen LogP contribution in [0.2, 0.25) is 0 Å². The second kappa shape index (κ2) is 6.83. The highest BCUT2D eigenvalue weighted by Crippen LogP contribution is 2.28. The fraction of sp³-hybridized carbons (Fsp3) is 0.176. The Kier molecular flexibility index (Phi) is 4.21. The van der Waals surface area contributed by atoms with Gasteiger partial charge in [-0.05, 0) is 32.1 Å². The van der Waals surface area contributed by atoms with E-state index in [0.717, 1.165) is 0 Å². The van der Waals surface area contributed by atoms with E-state index in [9.17, 15) is 4.79 Å².